The molecule has 70 valence electrons. The van der Waals surface area contributed by atoms with E-state index in [2.05, 4.69) is 0 Å². The van der Waals surface area contributed by atoms with Crippen molar-refractivity contribution in [2.75, 3.05) is 13.2 Å². The maximum absolute atomic E-state index is 5.64. The molecule has 8 N–H and O–H groups in total. The first-order valence-electron chi connectivity index (χ1n) is 3.51. The molecule has 2 aliphatic rings. The molecule has 0 spiro atoms. The van der Waals surface area contributed by atoms with Crippen LogP contribution < -0.4 is 22.9 Å². The molecule has 12 heavy (non-hydrogen) atoms. The molecule has 2 saturated heterocycles. The van der Waals surface area contributed by atoms with Gasteiger partial charge in [0.1, 0.15) is 0 Å². The maximum atomic E-state index is 5.64. The lowest BCUT2D eigenvalue weighted by atomic mass is 10.2. The largest absolute Gasteiger partial charge is 0.326 e. The molecule has 2 aliphatic heterocycles. The van der Waals surface area contributed by atoms with Crippen molar-refractivity contribution in [2.24, 2.45) is 22.9 Å². The molecular weight excluding hydrogens is 164 g/mol. The van der Waals surface area contributed by atoms with E-state index in [-0.39, 0.29) is 13.2 Å². The first-order valence-corrected chi connectivity index (χ1v) is 3.51. The Bertz CT molecular complexity index is 203. The molecule has 7 nitrogen and oxygen atoms in total. The molecule has 7 heteroatoms. The van der Waals surface area contributed by atoms with Gasteiger partial charge in [0.15, 0.2) is 11.4 Å². The quantitative estimate of drug-likeness (QED) is 0.227. The molecule has 2 rings (SSSR count). The first kappa shape index (κ1) is 8.32. The van der Waals surface area contributed by atoms with Crippen molar-refractivity contribution in [3.63, 3.8) is 0 Å². The monoisotopic (exact) mass is 176 g/mol. The SMILES string of the molecule is NC1(N)OCC2(N)OC2(N)CO1. The number of hydrogen-bond donors (Lipinski definition) is 4. The lowest BCUT2D eigenvalue weighted by molar-refractivity contribution is -0.236. The molecule has 0 aromatic carbocycles. The Morgan fingerprint density at radius 2 is 1.25 bits per heavy atom. The van der Waals surface area contributed by atoms with Crippen LogP contribution in [0.1, 0.15) is 0 Å². The fourth-order valence-electron chi connectivity index (χ4n) is 1.08. The third kappa shape index (κ3) is 1.04. The van der Waals surface area contributed by atoms with Gasteiger partial charge in [0.2, 0.25) is 0 Å². The average molecular weight is 176 g/mol. The molecule has 2 atom stereocenters. The van der Waals surface area contributed by atoms with Crippen LogP contribution in [-0.2, 0) is 14.2 Å². The molecular formula is C5H12N4O3. The van der Waals surface area contributed by atoms with Crippen molar-refractivity contribution in [1.29, 1.82) is 0 Å². The van der Waals surface area contributed by atoms with Crippen LogP contribution in [0.3, 0.4) is 0 Å². The van der Waals surface area contributed by atoms with E-state index >= 15 is 0 Å². The van der Waals surface area contributed by atoms with Crippen molar-refractivity contribution in [3.8, 4) is 0 Å². The highest BCUT2D eigenvalue weighted by Gasteiger charge is 2.69. The summed E-state index contributed by atoms with van der Waals surface area (Å²) in [6.07, 6.45) is 0. The van der Waals surface area contributed by atoms with Crippen molar-refractivity contribution in [2.45, 2.75) is 17.5 Å². The van der Waals surface area contributed by atoms with Crippen molar-refractivity contribution in [3.05, 3.63) is 0 Å². The number of hydrogen-bond acceptors (Lipinski definition) is 7. The Labute approximate surface area is 68.9 Å². The van der Waals surface area contributed by atoms with Gasteiger partial charge < -0.3 is 14.2 Å². The van der Waals surface area contributed by atoms with E-state index in [1.54, 1.807) is 0 Å². The van der Waals surface area contributed by atoms with E-state index in [1.165, 1.54) is 0 Å². The Balaban J connectivity index is 2.12. The molecule has 0 bridgehead atoms. The number of epoxide rings is 1. The lowest BCUT2D eigenvalue weighted by Crippen LogP contribution is -2.55. The molecule has 2 unspecified atom stereocenters. The van der Waals surface area contributed by atoms with Crippen molar-refractivity contribution >= 4 is 0 Å². The van der Waals surface area contributed by atoms with Gasteiger partial charge in [-0.3, -0.25) is 22.9 Å². The number of nitrogens with two attached hydrogens (primary N) is 4. The molecule has 2 heterocycles. The van der Waals surface area contributed by atoms with Gasteiger partial charge in [-0.1, -0.05) is 0 Å². The Kier molecular flexibility index (Phi) is 1.36. The van der Waals surface area contributed by atoms with Crippen LogP contribution in [0, 0.1) is 0 Å². The zero-order valence-corrected chi connectivity index (χ0v) is 6.45. The second-order valence-corrected chi connectivity index (χ2v) is 3.18. The second kappa shape index (κ2) is 1.96. The highest BCUT2D eigenvalue weighted by Crippen LogP contribution is 2.41. The normalized spacial score (nSPS) is 51.0. The molecule has 0 radical (unpaired) electrons. The Morgan fingerprint density at radius 3 is 1.67 bits per heavy atom. The van der Waals surface area contributed by atoms with Crippen LogP contribution in [0.5, 0.6) is 0 Å². The fourth-order valence-corrected chi connectivity index (χ4v) is 1.08. The summed E-state index contributed by atoms with van der Waals surface area (Å²) < 4.78 is 14.9. The predicted molar refractivity (Wildman–Crippen MR) is 37.9 cm³/mol. The number of ether oxygens (including phenoxy) is 3. The van der Waals surface area contributed by atoms with E-state index in [9.17, 15) is 0 Å². The van der Waals surface area contributed by atoms with E-state index in [1.807, 2.05) is 0 Å². The first-order chi connectivity index (χ1) is 5.37. The van der Waals surface area contributed by atoms with E-state index in [0.717, 1.165) is 0 Å². The average Bonchev–Trinajstić information content (AvgIpc) is 2.50. The highest BCUT2D eigenvalue weighted by atomic mass is 16.8. The summed E-state index contributed by atoms with van der Waals surface area (Å²) in [6.45, 7) is 0.0486. The van der Waals surface area contributed by atoms with Crippen LogP contribution in [-0.4, -0.2) is 30.7 Å². The summed E-state index contributed by atoms with van der Waals surface area (Å²) in [4.78, 5) is 0. The van der Waals surface area contributed by atoms with Gasteiger partial charge in [0.25, 0.3) is 6.03 Å². The van der Waals surface area contributed by atoms with Gasteiger partial charge in [-0.15, -0.1) is 0 Å². The summed E-state index contributed by atoms with van der Waals surface area (Å²) in [6, 6.07) is -1.62. The molecule has 2 fully saturated rings. The summed E-state index contributed by atoms with van der Waals surface area (Å²) >= 11 is 0. The van der Waals surface area contributed by atoms with Gasteiger partial charge in [-0.05, 0) is 0 Å². The summed E-state index contributed by atoms with van der Waals surface area (Å²) in [5.41, 5.74) is 20.0. The molecule has 0 aliphatic carbocycles. The summed E-state index contributed by atoms with van der Waals surface area (Å²) in [5, 5.41) is 0. The minimum atomic E-state index is -1.62. The lowest BCUT2D eigenvalue weighted by Gasteiger charge is -2.22. The molecule has 0 aromatic rings. The van der Waals surface area contributed by atoms with Gasteiger partial charge >= 0.3 is 0 Å². The van der Waals surface area contributed by atoms with E-state index in [4.69, 9.17) is 37.1 Å². The van der Waals surface area contributed by atoms with Gasteiger partial charge in [0.05, 0.1) is 13.2 Å². The smallest absolute Gasteiger partial charge is 0.286 e. The van der Waals surface area contributed by atoms with E-state index < -0.39 is 17.5 Å². The van der Waals surface area contributed by atoms with Crippen LogP contribution in [0.25, 0.3) is 0 Å². The third-order valence-electron chi connectivity index (χ3n) is 2.06. The number of rotatable bonds is 0. The minimum absolute atomic E-state index is 0.0243. The summed E-state index contributed by atoms with van der Waals surface area (Å²) in [7, 11) is 0. The van der Waals surface area contributed by atoms with Crippen molar-refractivity contribution < 1.29 is 14.2 Å². The molecule has 0 saturated carbocycles. The van der Waals surface area contributed by atoms with Crippen LogP contribution in [0.15, 0.2) is 0 Å². The van der Waals surface area contributed by atoms with Crippen LogP contribution in [0.4, 0.5) is 0 Å². The third-order valence-corrected chi connectivity index (χ3v) is 2.06. The minimum Gasteiger partial charge on any atom is -0.326 e. The van der Waals surface area contributed by atoms with Gasteiger partial charge in [0, 0.05) is 0 Å². The van der Waals surface area contributed by atoms with Gasteiger partial charge in [-0.25, -0.2) is 0 Å². The van der Waals surface area contributed by atoms with Gasteiger partial charge in [-0.2, -0.15) is 0 Å². The zero-order chi connectivity index (χ0) is 9.04. The Hall–Kier alpha value is -0.280. The van der Waals surface area contributed by atoms with Crippen molar-refractivity contribution in [1.82, 2.24) is 0 Å². The summed E-state index contributed by atoms with van der Waals surface area (Å²) in [5.74, 6) is 0. The second-order valence-electron chi connectivity index (χ2n) is 3.18. The number of fused-ring (bicyclic) bond motifs is 1. The maximum Gasteiger partial charge on any atom is 0.286 e. The van der Waals surface area contributed by atoms with Crippen LogP contribution in [0.2, 0.25) is 0 Å². The standard InChI is InChI=1S/C5H12N4O3/c6-3-1-10-5(8,9)11-2-4(3,7)12-3/h1-2,6-9H2. The highest BCUT2D eigenvalue weighted by molar-refractivity contribution is 5.09. The Morgan fingerprint density at radius 1 is 0.833 bits per heavy atom. The molecule has 0 amide bonds. The molecule has 0 aromatic heterocycles. The van der Waals surface area contributed by atoms with Crippen LogP contribution >= 0.6 is 0 Å². The van der Waals surface area contributed by atoms with E-state index in [0.29, 0.717) is 0 Å². The predicted octanol–water partition coefficient (Wildman–Crippen LogP) is -3.10. The zero-order valence-electron chi connectivity index (χ0n) is 6.45. The topological polar surface area (TPSA) is 135 Å². The fraction of sp³-hybridized carbons (Fsp3) is 1.00.